The normalized spacial score (nSPS) is 10.9. The van der Waals surface area contributed by atoms with Gasteiger partial charge in [0.2, 0.25) is 0 Å². The van der Waals surface area contributed by atoms with Gasteiger partial charge in [-0.25, -0.2) is 0 Å². The standard InChI is InChI=1S/C25H21IN2O2/c1-17-6-5-8-23(18(17)2)28-25(29)21(15-27)14-20-7-3-4-9-24(20)30-16-19-10-12-22(26)13-11-19/h3-14H,16H2,1-2H3,(H,28,29)/b21-14+. The summed E-state index contributed by atoms with van der Waals surface area (Å²) in [6.07, 6.45) is 1.56. The number of anilines is 1. The number of rotatable bonds is 6. The maximum absolute atomic E-state index is 12.7. The molecule has 4 nitrogen and oxygen atoms in total. The van der Waals surface area contributed by atoms with Crippen LogP contribution in [0.3, 0.4) is 0 Å². The molecule has 0 fully saturated rings. The Morgan fingerprint density at radius 3 is 2.53 bits per heavy atom. The van der Waals surface area contributed by atoms with Crippen LogP contribution in [0.15, 0.2) is 72.3 Å². The molecule has 0 aliphatic carbocycles. The first-order valence-corrected chi connectivity index (χ1v) is 10.5. The molecule has 0 atom stereocenters. The third-order valence-corrected chi connectivity index (χ3v) is 5.46. The lowest BCUT2D eigenvalue weighted by Crippen LogP contribution is -2.14. The molecule has 0 unspecified atom stereocenters. The number of carbonyl (C=O) groups excluding carboxylic acids is 1. The zero-order valence-electron chi connectivity index (χ0n) is 16.8. The molecule has 1 amide bonds. The largest absolute Gasteiger partial charge is 0.488 e. The number of aryl methyl sites for hydroxylation is 1. The highest BCUT2D eigenvalue weighted by Crippen LogP contribution is 2.24. The van der Waals surface area contributed by atoms with E-state index in [2.05, 4.69) is 27.9 Å². The molecule has 0 aliphatic rings. The monoisotopic (exact) mass is 508 g/mol. The second-order valence-corrected chi connectivity index (χ2v) is 8.07. The maximum atomic E-state index is 12.7. The van der Waals surface area contributed by atoms with Crippen molar-refractivity contribution in [1.29, 1.82) is 5.26 Å². The van der Waals surface area contributed by atoms with E-state index >= 15 is 0 Å². The van der Waals surface area contributed by atoms with Gasteiger partial charge in [0.15, 0.2) is 0 Å². The fourth-order valence-electron chi connectivity index (χ4n) is 2.85. The number of para-hydroxylation sites is 1. The van der Waals surface area contributed by atoms with E-state index in [-0.39, 0.29) is 5.57 Å². The van der Waals surface area contributed by atoms with Gasteiger partial charge in [0.1, 0.15) is 24.0 Å². The molecular weight excluding hydrogens is 487 g/mol. The molecule has 0 bridgehead atoms. The summed E-state index contributed by atoms with van der Waals surface area (Å²) in [6.45, 7) is 4.32. The third-order valence-electron chi connectivity index (χ3n) is 4.74. The van der Waals surface area contributed by atoms with Crippen LogP contribution in [0.1, 0.15) is 22.3 Å². The molecule has 0 aliphatic heterocycles. The van der Waals surface area contributed by atoms with E-state index in [0.717, 1.165) is 20.3 Å². The van der Waals surface area contributed by atoms with Crippen molar-refractivity contribution >= 4 is 40.3 Å². The van der Waals surface area contributed by atoms with E-state index < -0.39 is 5.91 Å². The molecule has 0 heterocycles. The average Bonchev–Trinajstić information content (AvgIpc) is 2.75. The van der Waals surface area contributed by atoms with Crippen LogP contribution in [0.2, 0.25) is 0 Å². The lowest BCUT2D eigenvalue weighted by molar-refractivity contribution is -0.112. The Kier molecular flexibility index (Phi) is 7.26. The summed E-state index contributed by atoms with van der Waals surface area (Å²) in [7, 11) is 0. The fraction of sp³-hybridized carbons (Fsp3) is 0.120. The molecule has 150 valence electrons. The number of halogens is 1. The molecule has 0 saturated heterocycles. The molecule has 3 aromatic carbocycles. The van der Waals surface area contributed by atoms with E-state index in [9.17, 15) is 10.1 Å². The van der Waals surface area contributed by atoms with Gasteiger partial charge in [-0.15, -0.1) is 0 Å². The Balaban J connectivity index is 1.80. The lowest BCUT2D eigenvalue weighted by atomic mass is 10.1. The van der Waals surface area contributed by atoms with Crippen LogP contribution < -0.4 is 10.1 Å². The van der Waals surface area contributed by atoms with Crippen molar-refractivity contribution in [3.63, 3.8) is 0 Å². The van der Waals surface area contributed by atoms with Crippen molar-refractivity contribution in [1.82, 2.24) is 0 Å². The lowest BCUT2D eigenvalue weighted by Gasteiger charge is -2.11. The fourth-order valence-corrected chi connectivity index (χ4v) is 3.21. The molecule has 0 spiro atoms. The second-order valence-electron chi connectivity index (χ2n) is 6.82. The number of amides is 1. The first-order chi connectivity index (χ1) is 14.5. The van der Waals surface area contributed by atoms with E-state index in [0.29, 0.717) is 23.6 Å². The number of benzene rings is 3. The number of nitrogens with one attached hydrogen (secondary N) is 1. The van der Waals surface area contributed by atoms with Crippen LogP contribution in [0, 0.1) is 28.7 Å². The van der Waals surface area contributed by atoms with Crippen molar-refractivity contribution in [2.75, 3.05) is 5.32 Å². The average molecular weight is 508 g/mol. The summed E-state index contributed by atoms with van der Waals surface area (Å²) in [4.78, 5) is 12.7. The second kappa shape index (κ2) is 10.1. The minimum absolute atomic E-state index is 0.0150. The van der Waals surface area contributed by atoms with Crippen LogP contribution in [0.5, 0.6) is 5.75 Å². The van der Waals surface area contributed by atoms with Crippen LogP contribution in [0.4, 0.5) is 5.69 Å². The Morgan fingerprint density at radius 1 is 1.07 bits per heavy atom. The van der Waals surface area contributed by atoms with Gasteiger partial charge < -0.3 is 10.1 Å². The van der Waals surface area contributed by atoms with Crippen LogP contribution in [-0.2, 0) is 11.4 Å². The minimum atomic E-state index is -0.446. The molecular formula is C25H21IN2O2. The van der Waals surface area contributed by atoms with Crippen molar-refractivity contribution in [3.05, 3.63) is 98.1 Å². The topological polar surface area (TPSA) is 62.1 Å². The number of ether oxygens (including phenoxy) is 1. The number of nitriles is 1. The van der Waals surface area contributed by atoms with Gasteiger partial charge in [-0.1, -0.05) is 42.5 Å². The van der Waals surface area contributed by atoms with Crippen molar-refractivity contribution in [2.24, 2.45) is 0 Å². The number of hydrogen-bond donors (Lipinski definition) is 1. The Bertz CT molecular complexity index is 1130. The number of nitrogens with zero attached hydrogens (tertiary/aromatic N) is 1. The molecule has 3 aromatic rings. The summed E-state index contributed by atoms with van der Waals surface area (Å²) in [5, 5.41) is 12.4. The molecule has 30 heavy (non-hydrogen) atoms. The third kappa shape index (κ3) is 5.49. The molecule has 3 rings (SSSR count). The zero-order valence-corrected chi connectivity index (χ0v) is 18.9. The summed E-state index contributed by atoms with van der Waals surface area (Å²) < 4.78 is 7.11. The molecule has 1 N–H and O–H groups in total. The summed E-state index contributed by atoms with van der Waals surface area (Å²) in [5.74, 6) is 0.168. The molecule has 0 aromatic heterocycles. The maximum Gasteiger partial charge on any atom is 0.266 e. The summed E-state index contributed by atoms with van der Waals surface area (Å²) in [5.41, 5.74) is 4.48. The first-order valence-electron chi connectivity index (χ1n) is 9.43. The van der Waals surface area contributed by atoms with Crippen LogP contribution >= 0.6 is 22.6 Å². The number of carbonyl (C=O) groups is 1. The Hall–Kier alpha value is -3.11. The van der Waals surface area contributed by atoms with Crippen molar-refractivity contribution in [2.45, 2.75) is 20.5 Å². The predicted molar refractivity (Wildman–Crippen MR) is 128 cm³/mol. The summed E-state index contributed by atoms with van der Waals surface area (Å²) >= 11 is 2.26. The van der Waals surface area contributed by atoms with Crippen molar-refractivity contribution < 1.29 is 9.53 Å². The smallest absolute Gasteiger partial charge is 0.266 e. The highest BCUT2D eigenvalue weighted by molar-refractivity contribution is 14.1. The van der Waals surface area contributed by atoms with Crippen LogP contribution in [-0.4, -0.2) is 5.91 Å². The SMILES string of the molecule is Cc1cccc(NC(=O)/C(C#N)=C/c2ccccc2OCc2ccc(I)cc2)c1C. The van der Waals surface area contributed by atoms with Gasteiger partial charge in [0, 0.05) is 14.8 Å². The van der Waals surface area contributed by atoms with Crippen molar-refractivity contribution in [3.8, 4) is 11.8 Å². The van der Waals surface area contributed by atoms with Gasteiger partial charge in [-0.2, -0.15) is 5.26 Å². The zero-order chi connectivity index (χ0) is 21.5. The summed E-state index contributed by atoms with van der Waals surface area (Å²) in [6, 6.07) is 23.1. The minimum Gasteiger partial charge on any atom is -0.488 e. The van der Waals surface area contributed by atoms with E-state index in [1.54, 1.807) is 6.08 Å². The van der Waals surface area contributed by atoms with Gasteiger partial charge >= 0.3 is 0 Å². The van der Waals surface area contributed by atoms with E-state index in [4.69, 9.17) is 4.74 Å². The molecule has 5 heteroatoms. The van der Waals surface area contributed by atoms with Crippen LogP contribution in [0.25, 0.3) is 6.08 Å². The molecule has 0 radical (unpaired) electrons. The highest BCUT2D eigenvalue weighted by atomic mass is 127. The Morgan fingerprint density at radius 2 is 1.80 bits per heavy atom. The predicted octanol–water partition coefficient (Wildman–Crippen LogP) is 6.03. The Labute approximate surface area is 190 Å². The number of hydrogen-bond acceptors (Lipinski definition) is 3. The van der Waals surface area contributed by atoms with E-state index in [1.165, 1.54) is 0 Å². The van der Waals surface area contributed by atoms with Gasteiger partial charge in [0.05, 0.1) is 0 Å². The van der Waals surface area contributed by atoms with Gasteiger partial charge in [-0.3, -0.25) is 4.79 Å². The molecule has 0 saturated carbocycles. The first kappa shape index (κ1) is 21.6. The highest BCUT2D eigenvalue weighted by Gasteiger charge is 2.13. The van der Waals surface area contributed by atoms with Gasteiger partial charge in [0.25, 0.3) is 5.91 Å². The van der Waals surface area contributed by atoms with E-state index in [1.807, 2.05) is 86.6 Å². The van der Waals surface area contributed by atoms with Gasteiger partial charge in [-0.05, 0) is 83.5 Å². The quantitative estimate of drug-likeness (QED) is 0.251.